The molecule has 0 heterocycles. The van der Waals surface area contributed by atoms with Gasteiger partial charge in [0.2, 0.25) is 5.91 Å². The highest BCUT2D eigenvalue weighted by Gasteiger charge is 2.19. The molecule has 0 bridgehead atoms. The van der Waals surface area contributed by atoms with Crippen LogP contribution in [0.4, 0.5) is 0 Å². The van der Waals surface area contributed by atoms with Crippen LogP contribution in [0.15, 0.2) is 54.6 Å². The van der Waals surface area contributed by atoms with Crippen LogP contribution in [0.3, 0.4) is 0 Å². The average Bonchev–Trinajstić information content (AvgIpc) is 2.66. The Morgan fingerprint density at radius 1 is 0.962 bits per heavy atom. The number of carbonyl (C=O) groups excluding carboxylic acids is 2. The summed E-state index contributed by atoms with van der Waals surface area (Å²) < 4.78 is 0. The summed E-state index contributed by atoms with van der Waals surface area (Å²) in [4.78, 5) is 24.8. The number of rotatable bonds is 9. The van der Waals surface area contributed by atoms with E-state index in [0.717, 1.165) is 24.1 Å². The fourth-order valence-corrected chi connectivity index (χ4v) is 2.63. The molecule has 0 spiro atoms. The summed E-state index contributed by atoms with van der Waals surface area (Å²) in [7, 11) is 1.88. The second-order valence-electron chi connectivity index (χ2n) is 6.31. The van der Waals surface area contributed by atoms with Gasteiger partial charge in [-0.15, -0.1) is 0 Å². The third kappa shape index (κ3) is 6.33. The van der Waals surface area contributed by atoms with Gasteiger partial charge in [0.1, 0.15) is 0 Å². The zero-order valence-electron chi connectivity index (χ0n) is 15.4. The van der Waals surface area contributed by atoms with Crippen LogP contribution in [0.5, 0.6) is 0 Å². The molecule has 26 heavy (non-hydrogen) atoms. The Morgan fingerprint density at radius 3 is 2.31 bits per heavy atom. The van der Waals surface area contributed by atoms with Crippen molar-refractivity contribution >= 4 is 11.8 Å². The van der Waals surface area contributed by atoms with Crippen LogP contribution in [-0.2, 0) is 4.79 Å². The molecule has 0 aromatic heterocycles. The molecule has 2 amide bonds. The molecule has 3 N–H and O–H groups in total. The zero-order chi connectivity index (χ0) is 18.8. The van der Waals surface area contributed by atoms with Crippen LogP contribution in [0, 0.1) is 6.92 Å². The largest absolute Gasteiger partial charge is 0.356 e. The number of nitrogens with one attached hydrogen (secondary N) is 3. The van der Waals surface area contributed by atoms with Gasteiger partial charge in [-0.05, 0) is 44.6 Å². The fraction of sp³-hybridized carbons (Fsp3) is 0.333. The Balaban J connectivity index is 2.03. The molecular weight excluding hydrogens is 326 g/mol. The summed E-state index contributed by atoms with van der Waals surface area (Å²) in [6, 6.07) is 16.6. The van der Waals surface area contributed by atoms with E-state index < -0.39 is 0 Å². The molecule has 5 nitrogen and oxygen atoms in total. The van der Waals surface area contributed by atoms with Crippen LogP contribution in [0.25, 0.3) is 0 Å². The van der Waals surface area contributed by atoms with Crippen molar-refractivity contribution in [1.29, 1.82) is 0 Å². The molecule has 0 aliphatic rings. The molecule has 1 atom stereocenters. The molecule has 2 rings (SSSR count). The lowest BCUT2D eigenvalue weighted by Gasteiger charge is -2.19. The van der Waals surface area contributed by atoms with Crippen molar-refractivity contribution < 1.29 is 9.59 Å². The molecule has 2 aromatic carbocycles. The topological polar surface area (TPSA) is 70.2 Å². The van der Waals surface area contributed by atoms with Crippen LogP contribution in [0.2, 0.25) is 0 Å². The molecule has 0 fully saturated rings. The molecule has 0 aliphatic heterocycles. The van der Waals surface area contributed by atoms with Crippen LogP contribution in [-0.4, -0.2) is 32.0 Å². The number of amides is 2. The molecule has 1 unspecified atom stereocenters. The Morgan fingerprint density at radius 2 is 1.65 bits per heavy atom. The van der Waals surface area contributed by atoms with Crippen LogP contribution in [0.1, 0.15) is 40.4 Å². The van der Waals surface area contributed by atoms with Gasteiger partial charge in [0.25, 0.3) is 5.91 Å². The Bertz CT molecular complexity index is 699. The van der Waals surface area contributed by atoms with Crippen molar-refractivity contribution in [1.82, 2.24) is 16.0 Å². The lowest BCUT2D eigenvalue weighted by Crippen LogP contribution is -2.34. The fourth-order valence-electron chi connectivity index (χ4n) is 2.63. The summed E-state index contributed by atoms with van der Waals surface area (Å²) >= 11 is 0. The highest BCUT2D eigenvalue weighted by atomic mass is 16.2. The van der Waals surface area contributed by atoms with E-state index in [0.29, 0.717) is 12.1 Å². The standard InChI is InChI=1S/C21H27N3O2/c1-16-9-11-18(12-10-16)21(26)24-19(17-7-4-3-5-8-17)15-20(25)23-14-6-13-22-2/h3-5,7-12,19,22H,6,13-15H2,1-2H3,(H,23,25)(H,24,26). The minimum atomic E-state index is -0.366. The Hall–Kier alpha value is -2.66. The summed E-state index contributed by atoms with van der Waals surface area (Å²) in [6.07, 6.45) is 1.08. The highest BCUT2D eigenvalue weighted by Crippen LogP contribution is 2.17. The SMILES string of the molecule is CNCCCNC(=O)CC(NC(=O)c1ccc(C)cc1)c1ccccc1. The third-order valence-corrected chi connectivity index (χ3v) is 4.14. The monoisotopic (exact) mass is 353 g/mol. The van der Waals surface area contributed by atoms with Crippen LogP contribution < -0.4 is 16.0 Å². The van der Waals surface area contributed by atoms with Crippen molar-refractivity contribution in [2.45, 2.75) is 25.8 Å². The predicted molar refractivity (Wildman–Crippen MR) is 104 cm³/mol. The number of carbonyl (C=O) groups is 2. The van der Waals surface area contributed by atoms with Gasteiger partial charge in [-0.3, -0.25) is 9.59 Å². The van der Waals surface area contributed by atoms with E-state index in [1.54, 1.807) is 12.1 Å². The number of aryl methyl sites for hydroxylation is 1. The summed E-state index contributed by atoms with van der Waals surface area (Å²) in [5, 5.41) is 8.95. The zero-order valence-corrected chi connectivity index (χ0v) is 15.4. The molecule has 2 aromatic rings. The van der Waals surface area contributed by atoms with Gasteiger partial charge in [0, 0.05) is 12.1 Å². The summed E-state index contributed by atoms with van der Waals surface area (Å²) in [5.41, 5.74) is 2.60. The van der Waals surface area contributed by atoms with Gasteiger partial charge < -0.3 is 16.0 Å². The third-order valence-electron chi connectivity index (χ3n) is 4.14. The van der Waals surface area contributed by atoms with E-state index in [1.165, 1.54) is 0 Å². The molecule has 138 valence electrons. The van der Waals surface area contributed by atoms with Gasteiger partial charge >= 0.3 is 0 Å². The first kappa shape index (κ1) is 19.7. The normalized spacial score (nSPS) is 11.6. The number of hydrogen-bond donors (Lipinski definition) is 3. The van der Waals surface area contributed by atoms with Crippen molar-refractivity contribution in [2.24, 2.45) is 0 Å². The van der Waals surface area contributed by atoms with Gasteiger partial charge in [-0.25, -0.2) is 0 Å². The van der Waals surface area contributed by atoms with E-state index in [-0.39, 0.29) is 24.3 Å². The second-order valence-corrected chi connectivity index (χ2v) is 6.31. The van der Waals surface area contributed by atoms with E-state index in [9.17, 15) is 9.59 Å². The molecular formula is C21H27N3O2. The van der Waals surface area contributed by atoms with E-state index >= 15 is 0 Å². The van der Waals surface area contributed by atoms with E-state index in [2.05, 4.69) is 16.0 Å². The van der Waals surface area contributed by atoms with E-state index in [1.807, 2.05) is 56.4 Å². The van der Waals surface area contributed by atoms with E-state index in [4.69, 9.17) is 0 Å². The van der Waals surface area contributed by atoms with Crippen molar-refractivity contribution in [3.8, 4) is 0 Å². The molecule has 0 saturated carbocycles. The lowest BCUT2D eigenvalue weighted by molar-refractivity contribution is -0.121. The Kier molecular flexibility index (Phi) is 7.83. The maximum absolute atomic E-state index is 12.6. The minimum Gasteiger partial charge on any atom is -0.356 e. The second kappa shape index (κ2) is 10.4. The summed E-state index contributed by atoms with van der Waals surface area (Å²) in [6.45, 7) is 3.45. The van der Waals surface area contributed by atoms with Crippen LogP contribution >= 0.6 is 0 Å². The molecule has 0 saturated heterocycles. The maximum Gasteiger partial charge on any atom is 0.251 e. The van der Waals surface area contributed by atoms with Gasteiger partial charge in [-0.1, -0.05) is 48.0 Å². The Labute approximate surface area is 155 Å². The smallest absolute Gasteiger partial charge is 0.251 e. The summed E-state index contributed by atoms with van der Waals surface area (Å²) in [5.74, 6) is -0.249. The quantitative estimate of drug-likeness (QED) is 0.607. The first-order chi connectivity index (χ1) is 12.6. The average molecular weight is 353 g/mol. The van der Waals surface area contributed by atoms with Gasteiger partial charge in [0.15, 0.2) is 0 Å². The number of hydrogen-bond acceptors (Lipinski definition) is 3. The van der Waals surface area contributed by atoms with Gasteiger partial charge in [-0.2, -0.15) is 0 Å². The van der Waals surface area contributed by atoms with Gasteiger partial charge in [0.05, 0.1) is 12.5 Å². The predicted octanol–water partition coefficient (Wildman–Crippen LogP) is 2.58. The highest BCUT2D eigenvalue weighted by molar-refractivity contribution is 5.94. The lowest BCUT2D eigenvalue weighted by atomic mass is 10.0. The first-order valence-corrected chi connectivity index (χ1v) is 8.94. The molecule has 5 heteroatoms. The van der Waals surface area contributed by atoms with Crippen molar-refractivity contribution in [3.05, 3.63) is 71.3 Å². The molecule has 0 radical (unpaired) electrons. The number of benzene rings is 2. The van der Waals surface area contributed by atoms with Crippen molar-refractivity contribution in [3.63, 3.8) is 0 Å². The first-order valence-electron chi connectivity index (χ1n) is 8.94. The minimum absolute atomic E-state index is 0.0702. The van der Waals surface area contributed by atoms with Crippen molar-refractivity contribution in [2.75, 3.05) is 20.1 Å². The maximum atomic E-state index is 12.6. The molecule has 0 aliphatic carbocycles.